The number of rotatable bonds is 3. The molecule has 0 aromatic carbocycles. The highest BCUT2D eigenvalue weighted by atomic mass is 16.4. The molecule has 90 valence electrons. The third-order valence-corrected chi connectivity index (χ3v) is 2.46. The van der Waals surface area contributed by atoms with E-state index in [9.17, 15) is 14.4 Å². The number of primary amides is 1. The van der Waals surface area contributed by atoms with Gasteiger partial charge in [-0.05, 0) is 19.3 Å². The summed E-state index contributed by atoms with van der Waals surface area (Å²) in [5.74, 6) is -1.67. The molecule has 0 aliphatic carbocycles. The molecule has 0 bridgehead atoms. The summed E-state index contributed by atoms with van der Waals surface area (Å²) in [6.45, 7) is 0.114. The highest BCUT2D eigenvalue weighted by Crippen LogP contribution is 2.16. The summed E-state index contributed by atoms with van der Waals surface area (Å²) in [5.41, 5.74) is 4.88. The average molecular weight is 229 g/mol. The zero-order chi connectivity index (χ0) is 12.1. The van der Waals surface area contributed by atoms with Crippen LogP contribution in [-0.4, -0.2) is 47.0 Å². The third kappa shape index (κ3) is 3.11. The van der Waals surface area contributed by atoms with Crippen molar-refractivity contribution in [2.75, 3.05) is 13.1 Å². The zero-order valence-electron chi connectivity index (χ0n) is 8.81. The van der Waals surface area contributed by atoms with Crippen molar-refractivity contribution < 1.29 is 19.5 Å². The van der Waals surface area contributed by atoms with Crippen molar-refractivity contribution in [1.29, 1.82) is 0 Å². The van der Waals surface area contributed by atoms with Crippen molar-refractivity contribution >= 4 is 17.9 Å². The second kappa shape index (κ2) is 5.34. The van der Waals surface area contributed by atoms with E-state index in [1.165, 1.54) is 4.90 Å². The molecule has 1 atom stereocenters. The minimum atomic E-state index is -1.02. The normalized spacial score (nSPS) is 20.2. The van der Waals surface area contributed by atoms with E-state index in [1.54, 1.807) is 0 Å². The minimum Gasteiger partial charge on any atom is -0.480 e. The molecule has 1 aliphatic heterocycles. The molecule has 1 unspecified atom stereocenters. The number of likely N-dealkylation sites (tertiary alicyclic amines) is 1. The Morgan fingerprint density at radius 2 is 2.06 bits per heavy atom. The first-order chi connectivity index (χ1) is 7.52. The predicted octanol–water partition coefficient (Wildman–Crippen LogP) is -0.880. The summed E-state index contributed by atoms with van der Waals surface area (Å²) >= 11 is 0. The van der Waals surface area contributed by atoms with Crippen LogP contribution in [0.25, 0.3) is 0 Å². The number of carbonyl (C=O) groups is 3. The minimum absolute atomic E-state index is 0.276. The number of piperidine rings is 1. The SMILES string of the molecule is NC(=O)CNC(=O)N1CCCCC1C(=O)O. The van der Waals surface area contributed by atoms with E-state index in [0.29, 0.717) is 13.0 Å². The molecule has 0 aromatic rings. The van der Waals surface area contributed by atoms with Crippen molar-refractivity contribution in [3.05, 3.63) is 0 Å². The van der Waals surface area contributed by atoms with E-state index < -0.39 is 23.9 Å². The first-order valence-corrected chi connectivity index (χ1v) is 5.08. The van der Waals surface area contributed by atoms with Gasteiger partial charge in [0.2, 0.25) is 5.91 Å². The number of carboxylic acids is 1. The molecule has 3 amide bonds. The Labute approximate surface area is 92.6 Å². The summed E-state index contributed by atoms with van der Waals surface area (Å²) < 4.78 is 0. The fourth-order valence-electron chi connectivity index (χ4n) is 1.70. The van der Waals surface area contributed by atoms with Gasteiger partial charge in [0, 0.05) is 6.54 Å². The molecule has 16 heavy (non-hydrogen) atoms. The topological polar surface area (TPSA) is 113 Å². The Kier molecular flexibility index (Phi) is 4.10. The maximum atomic E-state index is 11.6. The lowest BCUT2D eigenvalue weighted by Crippen LogP contribution is -2.53. The number of urea groups is 1. The van der Waals surface area contributed by atoms with Crippen LogP contribution in [0.4, 0.5) is 4.79 Å². The lowest BCUT2D eigenvalue weighted by Gasteiger charge is -2.32. The Balaban J connectivity index is 2.57. The molecule has 4 N–H and O–H groups in total. The zero-order valence-corrected chi connectivity index (χ0v) is 8.81. The van der Waals surface area contributed by atoms with Crippen LogP contribution in [0.15, 0.2) is 0 Å². The van der Waals surface area contributed by atoms with Crippen LogP contribution in [0, 0.1) is 0 Å². The Hall–Kier alpha value is -1.79. The van der Waals surface area contributed by atoms with Gasteiger partial charge in [0.1, 0.15) is 6.04 Å². The quantitative estimate of drug-likeness (QED) is 0.583. The van der Waals surface area contributed by atoms with Gasteiger partial charge in [-0.15, -0.1) is 0 Å². The molecule has 0 spiro atoms. The number of nitrogens with zero attached hydrogens (tertiary/aromatic N) is 1. The van der Waals surface area contributed by atoms with Crippen LogP contribution in [0.3, 0.4) is 0 Å². The monoisotopic (exact) mass is 229 g/mol. The van der Waals surface area contributed by atoms with E-state index in [-0.39, 0.29) is 6.54 Å². The Bertz CT molecular complexity index is 305. The number of carboxylic acid groups (broad SMARTS) is 1. The van der Waals surface area contributed by atoms with Gasteiger partial charge in [0.15, 0.2) is 0 Å². The summed E-state index contributed by atoms with van der Waals surface area (Å²) in [7, 11) is 0. The van der Waals surface area contributed by atoms with E-state index in [0.717, 1.165) is 12.8 Å². The maximum absolute atomic E-state index is 11.6. The molecule has 7 heteroatoms. The third-order valence-electron chi connectivity index (χ3n) is 2.46. The highest BCUT2D eigenvalue weighted by Gasteiger charge is 2.31. The number of nitrogens with two attached hydrogens (primary N) is 1. The summed E-state index contributed by atoms with van der Waals surface area (Å²) in [6.07, 6.45) is 2.00. The van der Waals surface area contributed by atoms with Crippen LogP contribution in [-0.2, 0) is 9.59 Å². The lowest BCUT2D eigenvalue weighted by molar-refractivity contribution is -0.143. The van der Waals surface area contributed by atoms with Gasteiger partial charge in [0.25, 0.3) is 0 Å². The maximum Gasteiger partial charge on any atom is 0.326 e. The van der Waals surface area contributed by atoms with Gasteiger partial charge in [0.05, 0.1) is 6.54 Å². The fraction of sp³-hybridized carbons (Fsp3) is 0.667. The number of hydrogen-bond acceptors (Lipinski definition) is 3. The molecule has 0 aromatic heterocycles. The van der Waals surface area contributed by atoms with Crippen LogP contribution >= 0.6 is 0 Å². The Morgan fingerprint density at radius 1 is 1.38 bits per heavy atom. The molecule has 1 aliphatic rings. The average Bonchev–Trinajstić information content (AvgIpc) is 2.25. The Morgan fingerprint density at radius 3 is 2.62 bits per heavy atom. The molecule has 0 saturated carbocycles. The van der Waals surface area contributed by atoms with Crippen LogP contribution in [0.2, 0.25) is 0 Å². The first-order valence-electron chi connectivity index (χ1n) is 5.08. The fourth-order valence-corrected chi connectivity index (χ4v) is 1.70. The number of amides is 3. The summed E-state index contributed by atoms with van der Waals surface area (Å²) in [4.78, 5) is 34.2. The van der Waals surface area contributed by atoms with E-state index in [1.807, 2.05) is 0 Å². The number of carbonyl (C=O) groups excluding carboxylic acids is 2. The van der Waals surface area contributed by atoms with Crippen LogP contribution in [0.1, 0.15) is 19.3 Å². The molecular weight excluding hydrogens is 214 g/mol. The van der Waals surface area contributed by atoms with Crippen molar-refractivity contribution in [2.24, 2.45) is 5.73 Å². The second-order valence-electron chi connectivity index (χ2n) is 3.67. The van der Waals surface area contributed by atoms with Gasteiger partial charge in [-0.25, -0.2) is 9.59 Å². The van der Waals surface area contributed by atoms with E-state index in [2.05, 4.69) is 5.32 Å². The van der Waals surface area contributed by atoms with Gasteiger partial charge >= 0.3 is 12.0 Å². The van der Waals surface area contributed by atoms with Gasteiger partial charge in [-0.3, -0.25) is 4.79 Å². The van der Waals surface area contributed by atoms with Crippen LogP contribution in [0.5, 0.6) is 0 Å². The molecular formula is C9H15N3O4. The molecule has 1 rings (SSSR count). The van der Waals surface area contributed by atoms with Gasteiger partial charge < -0.3 is 21.1 Å². The molecule has 1 heterocycles. The van der Waals surface area contributed by atoms with Crippen LogP contribution < -0.4 is 11.1 Å². The molecule has 1 fully saturated rings. The largest absolute Gasteiger partial charge is 0.480 e. The molecule has 0 radical (unpaired) electrons. The first kappa shape index (κ1) is 12.3. The van der Waals surface area contributed by atoms with Crippen molar-refractivity contribution in [3.8, 4) is 0 Å². The second-order valence-corrected chi connectivity index (χ2v) is 3.67. The van der Waals surface area contributed by atoms with Crippen molar-refractivity contribution in [1.82, 2.24) is 10.2 Å². The lowest BCUT2D eigenvalue weighted by atomic mass is 10.0. The number of hydrogen-bond donors (Lipinski definition) is 3. The predicted molar refractivity (Wildman–Crippen MR) is 54.6 cm³/mol. The van der Waals surface area contributed by atoms with Crippen molar-refractivity contribution in [3.63, 3.8) is 0 Å². The standard InChI is InChI=1S/C9H15N3O4/c10-7(13)5-11-9(16)12-4-2-1-3-6(12)8(14)15/h6H,1-5H2,(H2,10,13)(H,11,16)(H,14,15). The van der Waals surface area contributed by atoms with Gasteiger partial charge in [-0.1, -0.05) is 0 Å². The summed E-state index contributed by atoms with van der Waals surface area (Å²) in [6, 6.07) is -1.35. The van der Waals surface area contributed by atoms with Gasteiger partial charge in [-0.2, -0.15) is 0 Å². The van der Waals surface area contributed by atoms with E-state index in [4.69, 9.17) is 10.8 Å². The molecule has 7 nitrogen and oxygen atoms in total. The summed E-state index contributed by atoms with van der Waals surface area (Å²) in [5, 5.41) is 11.2. The smallest absolute Gasteiger partial charge is 0.326 e. The molecule has 1 saturated heterocycles. The number of nitrogens with one attached hydrogen (secondary N) is 1. The van der Waals surface area contributed by atoms with E-state index >= 15 is 0 Å². The highest BCUT2D eigenvalue weighted by molar-refractivity contribution is 5.86. The number of aliphatic carboxylic acids is 1. The van der Waals surface area contributed by atoms with Crippen molar-refractivity contribution in [2.45, 2.75) is 25.3 Å².